The molecule has 0 radical (unpaired) electrons. The van der Waals surface area contributed by atoms with E-state index in [1.807, 2.05) is 11.7 Å². The van der Waals surface area contributed by atoms with Crippen molar-refractivity contribution >= 4 is 11.6 Å². The quantitative estimate of drug-likeness (QED) is 0.924. The minimum Gasteiger partial charge on any atom is -0.310 e. The Kier molecular flexibility index (Phi) is 4.54. The third-order valence-corrected chi connectivity index (χ3v) is 4.19. The molecule has 1 aromatic rings. The Morgan fingerprint density at radius 1 is 1.42 bits per heavy atom. The Bertz CT molecular complexity index is 439. The average Bonchev–Trinajstić information content (AvgIpc) is 2.51. The molecule has 0 atom stereocenters. The van der Waals surface area contributed by atoms with Gasteiger partial charge in [-0.25, -0.2) is 0 Å². The van der Waals surface area contributed by atoms with Crippen LogP contribution in [0.4, 0.5) is 0 Å². The maximum absolute atomic E-state index is 6.44. The predicted molar refractivity (Wildman–Crippen MR) is 79.6 cm³/mol. The van der Waals surface area contributed by atoms with Crippen LogP contribution in [0, 0.1) is 0 Å². The largest absolute Gasteiger partial charge is 0.310 e. The zero-order valence-corrected chi connectivity index (χ0v) is 13.2. The second-order valence-electron chi connectivity index (χ2n) is 6.06. The molecular weight excluding hydrogens is 260 g/mol. The highest BCUT2D eigenvalue weighted by molar-refractivity contribution is 6.31. The van der Waals surface area contributed by atoms with E-state index in [2.05, 4.69) is 36.1 Å². The maximum Gasteiger partial charge on any atom is 0.0863 e. The van der Waals surface area contributed by atoms with Crippen LogP contribution in [0.15, 0.2) is 0 Å². The predicted octanol–water partition coefficient (Wildman–Crippen LogP) is 2.21. The Balaban J connectivity index is 2.14. The Morgan fingerprint density at radius 2 is 2.16 bits per heavy atom. The normalized spacial score (nSPS) is 20.5. The maximum atomic E-state index is 6.44. The van der Waals surface area contributed by atoms with Crippen LogP contribution in [0.5, 0.6) is 0 Å². The molecule has 2 heterocycles. The summed E-state index contributed by atoms with van der Waals surface area (Å²) in [5.41, 5.74) is 2.30. The minimum absolute atomic E-state index is 0.162. The average molecular weight is 285 g/mol. The van der Waals surface area contributed by atoms with E-state index in [9.17, 15) is 0 Å². The molecule has 1 aliphatic heterocycles. The van der Waals surface area contributed by atoms with Crippen molar-refractivity contribution in [3.8, 4) is 0 Å². The molecule has 1 fully saturated rings. The van der Waals surface area contributed by atoms with Gasteiger partial charge in [0.05, 0.1) is 16.4 Å². The monoisotopic (exact) mass is 284 g/mol. The van der Waals surface area contributed by atoms with Gasteiger partial charge in [-0.1, -0.05) is 18.5 Å². The molecule has 108 valence electrons. The van der Waals surface area contributed by atoms with Gasteiger partial charge in [0.2, 0.25) is 0 Å². The molecule has 1 aliphatic rings. The molecule has 0 amide bonds. The molecule has 0 saturated carbocycles. The number of hydrogen-bond acceptors (Lipinski definition) is 3. The molecule has 0 aromatic carbocycles. The van der Waals surface area contributed by atoms with E-state index in [0.717, 1.165) is 49.0 Å². The highest BCUT2D eigenvalue weighted by Gasteiger charge is 2.25. The highest BCUT2D eigenvalue weighted by atomic mass is 35.5. The summed E-state index contributed by atoms with van der Waals surface area (Å²) in [6, 6.07) is 0. The van der Waals surface area contributed by atoms with Crippen molar-refractivity contribution in [3.63, 3.8) is 0 Å². The number of rotatable bonds is 3. The zero-order chi connectivity index (χ0) is 14.0. The van der Waals surface area contributed by atoms with Crippen LogP contribution < -0.4 is 5.32 Å². The van der Waals surface area contributed by atoms with Crippen molar-refractivity contribution in [3.05, 3.63) is 16.4 Å². The number of nitrogens with one attached hydrogen (secondary N) is 1. The summed E-state index contributed by atoms with van der Waals surface area (Å²) in [5.74, 6) is 0. The minimum atomic E-state index is 0.162. The van der Waals surface area contributed by atoms with Crippen molar-refractivity contribution < 1.29 is 0 Å². The Morgan fingerprint density at radius 3 is 2.79 bits per heavy atom. The van der Waals surface area contributed by atoms with Gasteiger partial charge in [-0.3, -0.25) is 9.58 Å². The van der Waals surface area contributed by atoms with Crippen molar-refractivity contribution in [2.24, 2.45) is 7.05 Å². The van der Waals surface area contributed by atoms with Gasteiger partial charge < -0.3 is 5.32 Å². The standard InChI is InChI=1S/C14H25ClN4/c1-5-11-13(15)12(18(4)17-11)9-19-8-6-7-16-14(2,3)10-19/h16H,5-10H2,1-4H3. The summed E-state index contributed by atoms with van der Waals surface area (Å²) in [6.45, 7) is 10.7. The molecular formula is C14H25ClN4. The Labute approximate surface area is 121 Å². The van der Waals surface area contributed by atoms with Gasteiger partial charge in [0.1, 0.15) is 0 Å². The van der Waals surface area contributed by atoms with Gasteiger partial charge in [-0.05, 0) is 39.8 Å². The topological polar surface area (TPSA) is 33.1 Å². The molecule has 1 aromatic heterocycles. The van der Waals surface area contributed by atoms with Crippen LogP contribution >= 0.6 is 11.6 Å². The van der Waals surface area contributed by atoms with Crippen LogP contribution in [0.2, 0.25) is 5.02 Å². The molecule has 0 unspecified atom stereocenters. The molecule has 0 aliphatic carbocycles. The van der Waals surface area contributed by atoms with Crippen LogP contribution in [0.1, 0.15) is 38.6 Å². The first-order chi connectivity index (χ1) is 8.93. The Hall–Kier alpha value is -0.580. The highest BCUT2D eigenvalue weighted by Crippen LogP contribution is 2.23. The zero-order valence-electron chi connectivity index (χ0n) is 12.5. The lowest BCUT2D eigenvalue weighted by atomic mass is 10.1. The molecule has 5 heteroatoms. The van der Waals surface area contributed by atoms with Gasteiger partial charge in [-0.2, -0.15) is 5.10 Å². The molecule has 1 saturated heterocycles. The van der Waals surface area contributed by atoms with Crippen molar-refractivity contribution in [2.45, 2.75) is 45.7 Å². The lowest BCUT2D eigenvalue weighted by molar-refractivity contribution is 0.219. The first-order valence-electron chi connectivity index (χ1n) is 7.10. The molecule has 0 bridgehead atoms. The number of hydrogen-bond donors (Lipinski definition) is 1. The van der Waals surface area contributed by atoms with Crippen LogP contribution in [0.25, 0.3) is 0 Å². The van der Waals surface area contributed by atoms with Gasteiger partial charge in [0.15, 0.2) is 0 Å². The summed E-state index contributed by atoms with van der Waals surface area (Å²) < 4.78 is 1.94. The summed E-state index contributed by atoms with van der Waals surface area (Å²) in [6.07, 6.45) is 2.07. The summed E-state index contributed by atoms with van der Waals surface area (Å²) in [4.78, 5) is 2.47. The lowest BCUT2D eigenvalue weighted by Crippen LogP contribution is -2.46. The van der Waals surface area contributed by atoms with E-state index in [1.165, 1.54) is 6.42 Å². The van der Waals surface area contributed by atoms with E-state index in [-0.39, 0.29) is 5.54 Å². The molecule has 4 nitrogen and oxygen atoms in total. The molecule has 2 rings (SSSR count). The fourth-order valence-corrected chi connectivity index (χ4v) is 3.12. The summed E-state index contributed by atoms with van der Waals surface area (Å²) >= 11 is 6.44. The fourth-order valence-electron chi connectivity index (χ4n) is 2.76. The summed E-state index contributed by atoms with van der Waals surface area (Å²) in [7, 11) is 1.99. The van der Waals surface area contributed by atoms with E-state index >= 15 is 0 Å². The number of aryl methyl sites for hydroxylation is 2. The number of halogens is 1. The van der Waals surface area contributed by atoms with Crippen molar-refractivity contribution in [1.82, 2.24) is 20.0 Å². The second kappa shape index (κ2) is 5.81. The van der Waals surface area contributed by atoms with Crippen LogP contribution in [0.3, 0.4) is 0 Å². The molecule has 19 heavy (non-hydrogen) atoms. The van der Waals surface area contributed by atoms with E-state index in [4.69, 9.17) is 11.6 Å². The smallest absolute Gasteiger partial charge is 0.0863 e. The second-order valence-corrected chi connectivity index (χ2v) is 6.44. The first-order valence-corrected chi connectivity index (χ1v) is 7.48. The van der Waals surface area contributed by atoms with E-state index in [0.29, 0.717) is 0 Å². The van der Waals surface area contributed by atoms with Gasteiger partial charge in [0.25, 0.3) is 0 Å². The SMILES string of the molecule is CCc1nn(C)c(CN2CCCNC(C)(C)C2)c1Cl. The molecule has 0 spiro atoms. The van der Waals surface area contributed by atoms with Crippen LogP contribution in [-0.4, -0.2) is 39.9 Å². The number of nitrogens with zero attached hydrogens (tertiary/aromatic N) is 3. The van der Waals surface area contributed by atoms with E-state index in [1.54, 1.807) is 0 Å². The van der Waals surface area contributed by atoms with Crippen molar-refractivity contribution in [2.75, 3.05) is 19.6 Å². The van der Waals surface area contributed by atoms with Gasteiger partial charge in [0, 0.05) is 25.7 Å². The third-order valence-electron chi connectivity index (χ3n) is 3.75. The van der Waals surface area contributed by atoms with E-state index < -0.39 is 0 Å². The summed E-state index contributed by atoms with van der Waals surface area (Å²) in [5, 5.41) is 8.93. The fraction of sp³-hybridized carbons (Fsp3) is 0.786. The first kappa shape index (κ1) is 14.8. The lowest BCUT2D eigenvalue weighted by Gasteiger charge is -2.30. The van der Waals surface area contributed by atoms with Crippen molar-refractivity contribution in [1.29, 1.82) is 0 Å². The third kappa shape index (κ3) is 3.50. The van der Waals surface area contributed by atoms with Crippen LogP contribution in [-0.2, 0) is 20.0 Å². The number of aromatic nitrogens is 2. The van der Waals surface area contributed by atoms with Gasteiger partial charge in [-0.15, -0.1) is 0 Å². The molecule has 1 N–H and O–H groups in total. The van der Waals surface area contributed by atoms with Gasteiger partial charge >= 0.3 is 0 Å².